The summed E-state index contributed by atoms with van der Waals surface area (Å²) < 4.78 is 5.93. The summed E-state index contributed by atoms with van der Waals surface area (Å²) in [6.07, 6.45) is 0. The maximum atomic E-state index is 2.27. The summed E-state index contributed by atoms with van der Waals surface area (Å²) in [6, 6.07) is 8.85. The van der Waals surface area contributed by atoms with Crippen molar-refractivity contribution in [3.05, 3.63) is 63.2 Å². The van der Waals surface area contributed by atoms with E-state index in [-0.39, 0.29) is 0 Å². The highest BCUT2D eigenvalue weighted by Crippen LogP contribution is 2.62. The fourth-order valence-electron chi connectivity index (χ4n) is 1.96. The second-order valence-electron chi connectivity index (χ2n) is 4.21. The Morgan fingerprint density at radius 3 is 1.75 bits per heavy atom. The van der Waals surface area contributed by atoms with E-state index in [4.69, 9.17) is 0 Å². The molecule has 0 aromatic heterocycles. The molecule has 3 aliphatic heterocycles. The maximum absolute atomic E-state index is 2.27. The third-order valence-electron chi connectivity index (χ3n) is 2.95. The number of thioether (sulfide) groups is 6. The molecule has 0 spiro atoms. The molecular formula is C14H10S6. The van der Waals surface area contributed by atoms with E-state index in [0.717, 1.165) is 11.5 Å². The van der Waals surface area contributed by atoms with Gasteiger partial charge in [-0.15, -0.1) is 23.5 Å². The molecule has 0 amide bonds. The van der Waals surface area contributed by atoms with Crippen molar-refractivity contribution >= 4 is 70.6 Å². The van der Waals surface area contributed by atoms with Crippen LogP contribution in [0.5, 0.6) is 0 Å². The minimum absolute atomic E-state index is 1.10. The summed E-state index contributed by atoms with van der Waals surface area (Å²) in [5, 5.41) is 4.36. The SMILES string of the molecule is C1=CSC(=C2SC3=C(SCc4ccccc4CS3)S2)S1. The van der Waals surface area contributed by atoms with Gasteiger partial charge in [0, 0.05) is 11.5 Å². The molecule has 1 aromatic carbocycles. The fourth-order valence-corrected chi connectivity index (χ4v) is 10.0. The normalized spacial score (nSPS) is 21.8. The molecule has 0 unspecified atom stereocenters. The van der Waals surface area contributed by atoms with Crippen LogP contribution in [-0.4, -0.2) is 0 Å². The molecule has 6 heteroatoms. The lowest BCUT2D eigenvalue weighted by molar-refractivity contribution is 1.28. The number of fused-ring (bicyclic) bond motifs is 1. The van der Waals surface area contributed by atoms with Crippen LogP contribution in [0.25, 0.3) is 0 Å². The first-order valence-electron chi connectivity index (χ1n) is 6.05. The van der Waals surface area contributed by atoms with Gasteiger partial charge < -0.3 is 0 Å². The average Bonchev–Trinajstić information content (AvgIpc) is 3.10. The third kappa shape index (κ3) is 2.88. The lowest BCUT2D eigenvalue weighted by Crippen LogP contribution is -1.92. The van der Waals surface area contributed by atoms with Crippen molar-refractivity contribution in [1.29, 1.82) is 0 Å². The van der Waals surface area contributed by atoms with E-state index in [0.29, 0.717) is 0 Å². The van der Waals surface area contributed by atoms with Gasteiger partial charge in [0.2, 0.25) is 0 Å². The van der Waals surface area contributed by atoms with Crippen molar-refractivity contribution in [2.24, 2.45) is 0 Å². The van der Waals surface area contributed by atoms with Gasteiger partial charge in [-0.05, 0) is 21.9 Å². The topological polar surface area (TPSA) is 0 Å². The number of hydrogen-bond donors (Lipinski definition) is 0. The Morgan fingerprint density at radius 1 is 0.650 bits per heavy atom. The van der Waals surface area contributed by atoms with E-state index in [1.54, 1.807) is 0 Å². The van der Waals surface area contributed by atoms with Gasteiger partial charge in [0.15, 0.2) is 0 Å². The van der Waals surface area contributed by atoms with E-state index in [1.165, 1.54) is 28.1 Å². The molecule has 0 saturated heterocycles. The van der Waals surface area contributed by atoms with Crippen LogP contribution in [0, 0.1) is 0 Å². The molecule has 0 aliphatic carbocycles. The molecule has 20 heavy (non-hydrogen) atoms. The molecule has 0 N–H and O–H groups in total. The van der Waals surface area contributed by atoms with Crippen LogP contribution in [0.15, 0.2) is 52.0 Å². The van der Waals surface area contributed by atoms with Crippen LogP contribution < -0.4 is 0 Å². The van der Waals surface area contributed by atoms with Crippen molar-refractivity contribution in [3.63, 3.8) is 0 Å². The second kappa shape index (κ2) is 6.34. The van der Waals surface area contributed by atoms with Gasteiger partial charge in [0.05, 0.1) is 16.9 Å². The van der Waals surface area contributed by atoms with Crippen molar-refractivity contribution in [2.45, 2.75) is 11.5 Å². The molecule has 0 atom stereocenters. The van der Waals surface area contributed by atoms with Crippen LogP contribution in [0.1, 0.15) is 11.1 Å². The first kappa shape index (κ1) is 14.2. The van der Waals surface area contributed by atoms with Gasteiger partial charge >= 0.3 is 0 Å². The zero-order chi connectivity index (χ0) is 13.4. The second-order valence-corrected chi connectivity index (χ2v) is 11.1. The van der Waals surface area contributed by atoms with Crippen molar-refractivity contribution in [1.82, 2.24) is 0 Å². The Kier molecular flexibility index (Phi) is 4.49. The maximum Gasteiger partial charge on any atom is 0.0717 e. The Balaban J connectivity index is 1.57. The summed E-state index contributed by atoms with van der Waals surface area (Å²) in [4.78, 5) is 0. The van der Waals surface area contributed by atoms with Crippen molar-refractivity contribution < 1.29 is 0 Å². The molecular weight excluding hydrogens is 361 g/mol. The standard InChI is InChI=1S/C14H10S6/c1-2-4-10-8-18-13-12(17-7-9(10)3-1)19-14(20-13)11-15-5-6-16-11/h1-6H,7-8H2. The number of benzene rings is 1. The summed E-state index contributed by atoms with van der Waals surface area (Å²) >= 11 is 11.7. The van der Waals surface area contributed by atoms with Crippen LogP contribution in [0.3, 0.4) is 0 Å². The Hall–Kier alpha value is 0.540. The summed E-state index contributed by atoms with van der Waals surface area (Å²) in [6.45, 7) is 0. The quantitative estimate of drug-likeness (QED) is 0.486. The Morgan fingerprint density at radius 2 is 1.20 bits per heavy atom. The van der Waals surface area contributed by atoms with E-state index >= 15 is 0 Å². The first-order chi connectivity index (χ1) is 9.90. The number of hydrogen-bond acceptors (Lipinski definition) is 6. The minimum Gasteiger partial charge on any atom is -0.112 e. The van der Waals surface area contributed by atoms with Crippen molar-refractivity contribution in [3.8, 4) is 0 Å². The van der Waals surface area contributed by atoms with E-state index in [1.807, 2.05) is 70.6 Å². The molecule has 0 fully saturated rings. The smallest absolute Gasteiger partial charge is 0.0717 e. The average molecular weight is 371 g/mol. The van der Waals surface area contributed by atoms with Crippen LogP contribution in [-0.2, 0) is 11.5 Å². The monoisotopic (exact) mass is 370 g/mol. The predicted octanol–water partition coefficient (Wildman–Crippen LogP) is 6.85. The molecule has 0 radical (unpaired) electrons. The third-order valence-corrected chi connectivity index (χ3v) is 11.2. The van der Waals surface area contributed by atoms with Gasteiger partial charge in [0.1, 0.15) is 0 Å². The minimum atomic E-state index is 1.10. The molecule has 3 aliphatic rings. The number of rotatable bonds is 0. The van der Waals surface area contributed by atoms with Gasteiger partial charge in [-0.2, -0.15) is 0 Å². The lowest BCUT2D eigenvalue weighted by Gasteiger charge is -2.13. The summed E-state index contributed by atoms with van der Waals surface area (Å²) in [7, 11) is 0. The fraction of sp³-hybridized carbons (Fsp3) is 0.143. The summed E-state index contributed by atoms with van der Waals surface area (Å²) in [5.41, 5.74) is 2.99. The van der Waals surface area contributed by atoms with Gasteiger partial charge in [0.25, 0.3) is 0 Å². The Labute approximate surface area is 144 Å². The highest BCUT2D eigenvalue weighted by molar-refractivity contribution is 8.42. The van der Waals surface area contributed by atoms with E-state index < -0.39 is 0 Å². The first-order valence-corrected chi connectivity index (χ1v) is 11.4. The van der Waals surface area contributed by atoms with Gasteiger partial charge in [-0.1, -0.05) is 71.3 Å². The van der Waals surface area contributed by atoms with Gasteiger partial charge in [-0.25, -0.2) is 0 Å². The lowest BCUT2D eigenvalue weighted by atomic mass is 10.1. The molecule has 4 rings (SSSR count). The van der Waals surface area contributed by atoms with Gasteiger partial charge in [-0.3, -0.25) is 0 Å². The molecule has 0 saturated carbocycles. The largest absolute Gasteiger partial charge is 0.112 e. The van der Waals surface area contributed by atoms with Crippen LogP contribution in [0.4, 0.5) is 0 Å². The zero-order valence-electron chi connectivity index (χ0n) is 10.3. The van der Waals surface area contributed by atoms with Crippen molar-refractivity contribution in [2.75, 3.05) is 0 Å². The van der Waals surface area contributed by atoms with E-state index in [2.05, 4.69) is 35.1 Å². The van der Waals surface area contributed by atoms with Crippen LogP contribution in [0.2, 0.25) is 0 Å². The highest BCUT2D eigenvalue weighted by atomic mass is 32.3. The predicted molar refractivity (Wildman–Crippen MR) is 103 cm³/mol. The van der Waals surface area contributed by atoms with Crippen LogP contribution >= 0.6 is 70.6 Å². The molecule has 0 nitrogen and oxygen atoms in total. The highest BCUT2D eigenvalue weighted by Gasteiger charge is 2.27. The summed E-state index contributed by atoms with van der Waals surface area (Å²) in [5.74, 6) is 2.20. The molecule has 102 valence electrons. The molecule has 3 heterocycles. The zero-order valence-corrected chi connectivity index (χ0v) is 15.2. The Bertz CT molecular complexity index is 592. The molecule has 0 bridgehead atoms. The van der Waals surface area contributed by atoms with E-state index in [9.17, 15) is 0 Å². The molecule has 1 aromatic rings.